The lowest BCUT2D eigenvalue weighted by molar-refractivity contribution is -0.132. The van der Waals surface area contributed by atoms with Crippen LogP contribution in [0, 0.1) is 6.92 Å². The van der Waals surface area contributed by atoms with Crippen molar-refractivity contribution in [2.24, 2.45) is 0 Å². The van der Waals surface area contributed by atoms with Gasteiger partial charge in [-0.3, -0.25) is 14.5 Å². The van der Waals surface area contributed by atoms with Crippen molar-refractivity contribution in [1.82, 2.24) is 0 Å². The van der Waals surface area contributed by atoms with Gasteiger partial charge in [0.05, 0.1) is 38.5 Å². The number of anilines is 1. The summed E-state index contributed by atoms with van der Waals surface area (Å²) in [6.07, 6.45) is 0. The molecule has 0 spiro atoms. The van der Waals surface area contributed by atoms with Gasteiger partial charge in [-0.25, -0.2) is 0 Å². The van der Waals surface area contributed by atoms with Crippen molar-refractivity contribution < 1.29 is 28.9 Å². The molecule has 1 atom stereocenters. The van der Waals surface area contributed by atoms with Crippen molar-refractivity contribution in [3.63, 3.8) is 0 Å². The predicted octanol–water partition coefficient (Wildman–Crippen LogP) is 5.30. The molecular formula is C27H24ClNO6. The number of nitrogens with zero attached hydrogens (tertiary/aromatic N) is 1. The van der Waals surface area contributed by atoms with Gasteiger partial charge < -0.3 is 19.3 Å². The van der Waals surface area contributed by atoms with Gasteiger partial charge in [-0.05, 0) is 48.9 Å². The van der Waals surface area contributed by atoms with Gasteiger partial charge in [0, 0.05) is 16.3 Å². The Hall–Kier alpha value is -3.97. The lowest BCUT2D eigenvalue weighted by atomic mass is 9.94. The van der Waals surface area contributed by atoms with Crippen molar-refractivity contribution >= 4 is 34.7 Å². The Morgan fingerprint density at radius 2 is 1.63 bits per heavy atom. The van der Waals surface area contributed by atoms with Crippen LogP contribution in [0.15, 0.2) is 66.2 Å². The lowest BCUT2D eigenvalue weighted by Gasteiger charge is -2.27. The van der Waals surface area contributed by atoms with Gasteiger partial charge in [0.15, 0.2) is 0 Å². The number of aryl methyl sites for hydroxylation is 1. The third-order valence-corrected chi connectivity index (χ3v) is 6.38. The van der Waals surface area contributed by atoms with Gasteiger partial charge in [-0.1, -0.05) is 35.9 Å². The summed E-state index contributed by atoms with van der Waals surface area (Å²) in [6, 6.07) is 16.0. The molecule has 1 aliphatic rings. The number of hydrogen-bond donors (Lipinski definition) is 1. The number of carbonyl (C=O) groups is 2. The Morgan fingerprint density at radius 1 is 0.914 bits per heavy atom. The molecule has 0 bridgehead atoms. The van der Waals surface area contributed by atoms with E-state index in [4.69, 9.17) is 25.8 Å². The summed E-state index contributed by atoms with van der Waals surface area (Å²) in [5.41, 5.74) is 1.86. The highest BCUT2D eigenvalue weighted by atomic mass is 35.5. The highest BCUT2D eigenvalue weighted by Gasteiger charge is 2.48. The van der Waals surface area contributed by atoms with E-state index in [0.29, 0.717) is 33.5 Å². The first-order valence-corrected chi connectivity index (χ1v) is 11.1. The Morgan fingerprint density at radius 3 is 2.29 bits per heavy atom. The van der Waals surface area contributed by atoms with E-state index in [9.17, 15) is 14.7 Å². The lowest BCUT2D eigenvalue weighted by Crippen LogP contribution is -2.29. The topological polar surface area (TPSA) is 85.3 Å². The van der Waals surface area contributed by atoms with Crippen molar-refractivity contribution in [3.8, 4) is 17.2 Å². The second-order valence-electron chi connectivity index (χ2n) is 7.91. The van der Waals surface area contributed by atoms with E-state index in [1.54, 1.807) is 60.7 Å². The van der Waals surface area contributed by atoms with Crippen LogP contribution in [0.3, 0.4) is 0 Å². The summed E-state index contributed by atoms with van der Waals surface area (Å²) >= 11 is 6.36. The van der Waals surface area contributed by atoms with Gasteiger partial charge in [0.25, 0.3) is 11.7 Å². The number of ether oxygens (including phenoxy) is 3. The predicted molar refractivity (Wildman–Crippen MR) is 134 cm³/mol. The maximum absolute atomic E-state index is 13.4. The Kier molecular flexibility index (Phi) is 6.71. The number of Topliss-reactive ketones (excluding diaryl/α,β-unsaturated/α-hetero) is 1. The summed E-state index contributed by atoms with van der Waals surface area (Å²) in [7, 11) is 4.43. The van der Waals surface area contributed by atoms with E-state index in [2.05, 4.69) is 0 Å². The number of hydrogen-bond acceptors (Lipinski definition) is 6. The summed E-state index contributed by atoms with van der Waals surface area (Å²) in [4.78, 5) is 28.2. The van der Waals surface area contributed by atoms with Crippen LogP contribution in [0.1, 0.15) is 22.7 Å². The van der Waals surface area contributed by atoms with Crippen molar-refractivity contribution in [2.45, 2.75) is 13.0 Å². The van der Waals surface area contributed by atoms with Crippen LogP contribution in [-0.4, -0.2) is 38.1 Å². The molecule has 0 aliphatic carbocycles. The number of para-hydroxylation sites is 1. The van der Waals surface area contributed by atoms with E-state index in [-0.39, 0.29) is 11.1 Å². The number of benzene rings is 3. The first-order valence-electron chi connectivity index (χ1n) is 10.7. The number of ketones is 1. The number of aliphatic hydroxyl groups is 1. The van der Waals surface area contributed by atoms with Crippen LogP contribution in [0.2, 0.25) is 5.02 Å². The highest BCUT2D eigenvalue weighted by molar-refractivity contribution is 6.52. The van der Waals surface area contributed by atoms with Crippen LogP contribution in [0.25, 0.3) is 5.76 Å². The van der Waals surface area contributed by atoms with Crippen molar-refractivity contribution in [2.75, 3.05) is 26.2 Å². The largest absolute Gasteiger partial charge is 0.507 e. The minimum absolute atomic E-state index is 0.109. The molecule has 1 unspecified atom stereocenters. The smallest absolute Gasteiger partial charge is 0.300 e. The molecular weight excluding hydrogens is 470 g/mol. The first-order chi connectivity index (χ1) is 16.8. The van der Waals surface area contributed by atoms with E-state index >= 15 is 0 Å². The number of aliphatic hydroxyl groups excluding tert-OH is 1. The zero-order chi connectivity index (χ0) is 25.3. The molecule has 4 rings (SSSR count). The zero-order valence-corrected chi connectivity index (χ0v) is 20.4. The third-order valence-electron chi connectivity index (χ3n) is 5.97. The molecule has 1 saturated heterocycles. The third kappa shape index (κ3) is 4.19. The van der Waals surface area contributed by atoms with Crippen LogP contribution >= 0.6 is 11.6 Å². The molecule has 1 aliphatic heterocycles. The number of rotatable bonds is 6. The zero-order valence-electron chi connectivity index (χ0n) is 19.7. The normalized spacial score (nSPS) is 16.9. The van der Waals surface area contributed by atoms with Gasteiger partial charge in [0.2, 0.25) is 0 Å². The molecule has 0 saturated carbocycles. The van der Waals surface area contributed by atoms with E-state index < -0.39 is 23.5 Å². The summed E-state index contributed by atoms with van der Waals surface area (Å²) in [6.45, 7) is 1.84. The van der Waals surface area contributed by atoms with Crippen LogP contribution in [0.4, 0.5) is 5.69 Å². The summed E-state index contributed by atoms with van der Waals surface area (Å²) < 4.78 is 16.3. The highest BCUT2D eigenvalue weighted by Crippen LogP contribution is 2.46. The molecule has 1 fully saturated rings. The Labute approximate surface area is 208 Å². The van der Waals surface area contributed by atoms with E-state index in [1.807, 2.05) is 6.92 Å². The molecule has 35 heavy (non-hydrogen) atoms. The number of amides is 1. The fourth-order valence-electron chi connectivity index (χ4n) is 4.16. The molecule has 8 heteroatoms. The molecule has 1 amide bonds. The average Bonchev–Trinajstić information content (AvgIpc) is 3.14. The number of halogens is 1. The van der Waals surface area contributed by atoms with Gasteiger partial charge in [-0.2, -0.15) is 0 Å². The monoisotopic (exact) mass is 493 g/mol. The van der Waals surface area contributed by atoms with E-state index in [1.165, 1.54) is 26.2 Å². The quantitative estimate of drug-likeness (QED) is 0.285. The molecule has 0 radical (unpaired) electrons. The average molecular weight is 494 g/mol. The van der Waals surface area contributed by atoms with Crippen molar-refractivity contribution in [1.29, 1.82) is 0 Å². The summed E-state index contributed by atoms with van der Waals surface area (Å²) in [5, 5.41) is 11.9. The molecule has 3 aromatic rings. The molecule has 3 aromatic carbocycles. The maximum atomic E-state index is 13.4. The second kappa shape index (κ2) is 9.72. The standard InChI is InChI=1S/C27H24ClNO6/c1-15-9-10-16(13-20(15)28)29-24(18-7-5-6-8-21(18)34-3)23(26(31)27(29)32)25(30)19-14-17(33-2)11-12-22(19)35-4/h5-14,24,30H,1-4H3/b25-23+. The maximum Gasteiger partial charge on any atom is 0.300 e. The first kappa shape index (κ1) is 24.2. The number of methoxy groups -OCH3 is 3. The Bertz CT molecular complexity index is 1350. The SMILES string of the molecule is COc1ccc(OC)c(/C(O)=C2\C(=O)C(=O)N(c3ccc(C)c(Cl)c3)C2c2ccccc2OC)c1. The van der Waals surface area contributed by atoms with Crippen LogP contribution < -0.4 is 19.1 Å². The molecule has 7 nitrogen and oxygen atoms in total. The minimum Gasteiger partial charge on any atom is -0.507 e. The van der Waals surface area contributed by atoms with Crippen molar-refractivity contribution in [3.05, 3.63) is 87.9 Å². The molecule has 1 heterocycles. The fraction of sp³-hybridized carbons (Fsp3) is 0.185. The fourth-order valence-corrected chi connectivity index (χ4v) is 4.34. The van der Waals surface area contributed by atoms with Crippen LogP contribution in [-0.2, 0) is 9.59 Å². The summed E-state index contributed by atoms with van der Waals surface area (Å²) in [5.74, 6) is -0.835. The number of carbonyl (C=O) groups excluding carboxylic acids is 2. The Balaban J connectivity index is 2.03. The van der Waals surface area contributed by atoms with Crippen LogP contribution in [0.5, 0.6) is 17.2 Å². The molecule has 1 N–H and O–H groups in total. The minimum atomic E-state index is -0.985. The van der Waals surface area contributed by atoms with E-state index in [0.717, 1.165) is 5.56 Å². The van der Waals surface area contributed by atoms with Gasteiger partial charge in [-0.15, -0.1) is 0 Å². The second-order valence-corrected chi connectivity index (χ2v) is 8.32. The van der Waals surface area contributed by atoms with Gasteiger partial charge >= 0.3 is 0 Å². The van der Waals surface area contributed by atoms with Gasteiger partial charge in [0.1, 0.15) is 23.0 Å². The molecule has 0 aromatic heterocycles. The molecule has 180 valence electrons.